The van der Waals surface area contributed by atoms with Crippen molar-refractivity contribution in [3.8, 4) is 0 Å². The normalized spacial score (nSPS) is 11.3. The third kappa shape index (κ3) is 22.5. The van der Waals surface area contributed by atoms with Gasteiger partial charge in [0.1, 0.15) is 0 Å². The number of hydrogen-bond acceptors (Lipinski definition) is 1. The van der Waals surface area contributed by atoms with Crippen molar-refractivity contribution >= 4 is 61.2 Å². The van der Waals surface area contributed by atoms with Crippen LogP contribution in [0.4, 0.5) is 0 Å². The van der Waals surface area contributed by atoms with Crippen molar-refractivity contribution in [1.29, 1.82) is 0 Å². The molecule has 0 aliphatic heterocycles. The Kier molecular flexibility index (Phi) is 29.7. The third-order valence-electron chi connectivity index (χ3n) is 9.85. The van der Waals surface area contributed by atoms with Crippen LogP contribution in [0.2, 0.25) is 0 Å². The molecule has 3 N–H and O–H groups in total. The molecule has 0 saturated carbocycles. The SMILES string of the molecule is CCCCCCCCCc1ccccc1P(c1ccccc1CCCCCCCCC)c1ccccc1CCCCCCCCC.O=P(O)(O)O.[NaH]. The van der Waals surface area contributed by atoms with Crippen molar-refractivity contribution in [1.82, 2.24) is 0 Å². The van der Waals surface area contributed by atoms with Crippen molar-refractivity contribution in [2.24, 2.45) is 0 Å². The summed E-state index contributed by atoms with van der Waals surface area (Å²) in [6, 6.07) is 28.7. The average molecular weight is 763 g/mol. The monoisotopic (exact) mass is 762 g/mol. The van der Waals surface area contributed by atoms with Crippen molar-refractivity contribution in [3.05, 3.63) is 89.5 Å². The molecule has 7 heteroatoms. The maximum atomic E-state index is 8.88. The summed E-state index contributed by atoms with van der Waals surface area (Å²) < 4.78 is 8.88. The van der Waals surface area contributed by atoms with Crippen LogP contribution in [-0.2, 0) is 23.8 Å². The second-order valence-electron chi connectivity index (χ2n) is 14.3. The molecule has 0 saturated heterocycles. The molecule has 0 fully saturated rings. The van der Waals surface area contributed by atoms with E-state index < -0.39 is 15.7 Å². The summed E-state index contributed by atoms with van der Waals surface area (Å²) in [4.78, 5) is 21.6. The zero-order valence-electron chi connectivity index (χ0n) is 32.5. The van der Waals surface area contributed by atoms with E-state index >= 15 is 0 Å². The first-order valence-corrected chi connectivity index (χ1v) is 23.5. The molecule has 52 heavy (non-hydrogen) atoms. The number of unbranched alkanes of at least 4 members (excludes halogenated alkanes) is 18. The average Bonchev–Trinajstić information content (AvgIpc) is 3.11. The van der Waals surface area contributed by atoms with Gasteiger partial charge in [-0.2, -0.15) is 0 Å². The molecule has 0 aromatic heterocycles. The van der Waals surface area contributed by atoms with Crippen LogP contribution in [-0.4, -0.2) is 44.2 Å². The Balaban J connectivity index is 0.00000210. The quantitative estimate of drug-likeness (QED) is 0.0411. The predicted octanol–water partition coefficient (Wildman–Crippen LogP) is 11.7. The Hall–Kier alpha value is -0.800. The van der Waals surface area contributed by atoms with E-state index in [4.69, 9.17) is 19.2 Å². The Morgan fingerprint density at radius 2 is 0.615 bits per heavy atom. The minimum atomic E-state index is -4.64. The summed E-state index contributed by atoms with van der Waals surface area (Å²) >= 11 is 0. The van der Waals surface area contributed by atoms with Gasteiger partial charge in [0.2, 0.25) is 0 Å². The third-order valence-corrected chi connectivity index (χ3v) is 12.6. The standard InChI is InChI=1S/C45H69P.Na.H3O4P.H/c1-4-7-10-13-16-19-22-31-40-34-25-28-37-43(40)46(44-38-29-26-35-41(44)32-23-20-17-14-11-8-5-2)45-39-30-27-36-42(45)33-24-21-18-15-12-9-6-3;;1-5(2,3)4;/h25-30,34-39H,4-24,31-33H2,1-3H3;;(H3,1,2,3,4);. The van der Waals surface area contributed by atoms with E-state index in [9.17, 15) is 0 Å². The maximum absolute atomic E-state index is 8.88. The molecule has 0 spiro atoms. The van der Waals surface area contributed by atoms with Crippen LogP contribution in [0, 0.1) is 0 Å². The second kappa shape index (κ2) is 31.4. The molecule has 0 unspecified atom stereocenters. The molecule has 0 aliphatic carbocycles. The molecule has 3 rings (SSSR count). The number of hydrogen-bond donors (Lipinski definition) is 3. The fraction of sp³-hybridized carbons (Fsp3) is 0.600. The summed E-state index contributed by atoms with van der Waals surface area (Å²) in [6.07, 6.45) is 32.4. The zero-order chi connectivity index (χ0) is 37.0. The van der Waals surface area contributed by atoms with Crippen LogP contribution in [0.3, 0.4) is 0 Å². The van der Waals surface area contributed by atoms with E-state index in [1.165, 1.54) is 154 Å². The van der Waals surface area contributed by atoms with Crippen LogP contribution in [0.5, 0.6) is 0 Å². The van der Waals surface area contributed by atoms with Gasteiger partial charge in [-0.25, -0.2) is 4.57 Å². The van der Waals surface area contributed by atoms with E-state index in [-0.39, 0.29) is 29.6 Å². The molecule has 0 atom stereocenters. The summed E-state index contributed by atoms with van der Waals surface area (Å²) in [5, 5.41) is 4.84. The van der Waals surface area contributed by atoms with E-state index in [1.807, 2.05) is 0 Å². The summed E-state index contributed by atoms with van der Waals surface area (Å²) in [7, 11) is -5.24. The first kappa shape index (κ1) is 49.2. The Labute approximate surface area is 342 Å². The molecular formula is C45H73NaO4P2. The predicted molar refractivity (Wildman–Crippen MR) is 232 cm³/mol. The Morgan fingerprint density at radius 1 is 0.404 bits per heavy atom. The number of rotatable bonds is 27. The number of benzene rings is 3. The number of aryl methyl sites for hydroxylation is 3. The summed E-state index contributed by atoms with van der Waals surface area (Å²) in [5.41, 5.74) is 4.79. The number of phosphoric acid groups is 1. The zero-order valence-corrected chi connectivity index (χ0v) is 34.3. The first-order valence-electron chi connectivity index (χ1n) is 20.6. The Morgan fingerprint density at radius 3 is 0.865 bits per heavy atom. The van der Waals surface area contributed by atoms with Crippen molar-refractivity contribution < 1.29 is 19.2 Å². The topological polar surface area (TPSA) is 77.8 Å². The molecule has 0 amide bonds. The fourth-order valence-corrected chi connectivity index (χ4v) is 9.93. The molecule has 0 aliphatic rings. The van der Waals surface area contributed by atoms with Crippen LogP contribution >= 0.6 is 15.7 Å². The van der Waals surface area contributed by atoms with Gasteiger partial charge in [0.15, 0.2) is 0 Å². The van der Waals surface area contributed by atoms with E-state index in [0.717, 1.165) is 0 Å². The van der Waals surface area contributed by atoms with Gasteiger partial charge in [-0.1, -0.05) is 209 Å². The van der Waals surface area contributed by atoms with Gasteiger partial charge in [-0.05, 0) is 79.1 Å². The van der Waals surface area contributed by atoms with Gasteiger partial charge in [0.25, 0.3) is 0 Å². The molecule has 0 bridgehead atoms. The van der Waals surface area contributed by atoms with Crippen LogP contribution in [0.1, 0.15) is 172 Å². The van der Waals surface area contributed by atoms with Gasteiger partial charge < -0.3 is 14.7 Å². The van der Waals surface area contributed by atoms with Gasteiger partial charge in [-0.3, -0.25) is 0 Å². The molecule has 4 nitrogen and oxygen atoms in total. The molecule has 288 valence electrons. The van der Waals surface area contributed by atoms with Gasteiger partial charge in [0.05, 0.1) is 0 Å². The molecule has 0 heterocycles. The van der Waals surface area contributed by atoms with Crippen LogP contribution < -0.4 is 15.9 Å². The fourth-order valence-electron chi connectivity index (χ4n) is 7.03. The second-order valence-corrected chi connectivity index (χ2v) is 17.5. The minimum absolute atomic E-state index is 0. The Bertz CT molecular complexity index is 1190. The van der Waals surface area contributed by atoms with Crippen LogP contribution in [0.25, 0.3) is 0 Å². The molecular weight excluding hydrogens is 689 g/mol. The molecule has 0 radical (unpaired) electrons. The molecule has 3 aromatic rings. The summed E-state index contributed by atoms with van der Waals surface area (Å²) in [5.74, 6) is 0. The summed E-state index contributed by atoms with van der Waals surface area (Å²) in [6.45, 7) is 6.94. The van der Waals surface area contributed by atoms with E-state index in [2.05, 4.69) is 93.6 Å². The van der Waals surface area contributed by atoms with Crippen LogP contribution in [0.15, 0.2) is 72.8 Å². The van der Waals surface area contributed by atoms with E-state index in [0.29, 0.717) is 0 Å². The van der Waals surface area contributed by atoms with Gasteiger partial charge in [-0.15, -0.1) is 0 Å². The first-order chi connectivity index (χ1) is 24.8. The van der Waals surface area contributed by atoms with Crippen molar-refractivity contribution in [3.63, 3.8) is 0 Å². The van der Waals surface area contributed by atoms with Crippen molar-refractivity contribution in [2.75, 3.05) is 0 Å². The van der Waals surface area contributed by atoms with E-state index in [1.54, 1.807) is 32.6 Å². The van der Waals surface area contributed by atoms with Crippen molar-refractivity contribution in [2.45, 2.75) is 175 Å². The van der Waals surface area contributed by atoms with Gasteiger partial charge >= 0.3 is 37.4 Å². The van der Waals surface area contributed by atoms with Gasteiger partial charge in [0, 0.05) is 0 Å². The molecule has 3 aromatic carbocycles.